The Hall–Kier alpha value is -0.653. The Morgan fingerprint density at radius 1 is 1.46 bits per heavy atom. The first kappa shape index (κ1) is 12.3. The van der Waals surface area contributed by atoms with E-state index in [1.54, 1.807) is 14.2 Å². The minimum atomic E-state index is -1.67. The van der Waals surface area contributed by atoms with E-state index in [1.165, 1.54) is 12.3 Å². The maximum Gasteiger partial charge on any atom is 0.338 e. The SMILES string of the molecule is CC[Si](C)(OC)OC.O=C1C=CO1. The summed E-state index contributed by atoms with van der Waals surface area (Å²) < 4.78 is 14.4. The summed E-state index contributed by atoms with van der Waals surface area (Å²) in [5, 5.41) is 0. The Kier molecular flexibility index (Phi) is 5.61. The van der Waals surface area contributed by atoms with Crippen molar-refractivity contribution in [3.8, 4) is 0 Å². The highest BCUT2D eigenvalue weighted by Crippen LogP contribution is 2.08. The van der Waals surface area contributed by atoms with Gasteiger partial charge >= 0.3 is 14.5 Å². The van der Waals surface area contributed by atoms with Crippen LogP contribution < -0.4 is 0 Å². The van der Waals surface area contributed by atoms with Gasteiger partial charge in [0.2, 0.25) is 0 Å². The molecular formula is C8H16O4Si. The van der Waals surface area contributed by atoms with Crippen LogP contribution in [0.2, 0.25) is 12.6 Å². The fraction of sp³-hybridized carbons (Fsp3) is 0.625. The van der Waals surface area contributed by atoms with E-state index >= 15 is 0 Å². The van der Waals surface area contributed by atoms with Crippen molar-refractivity contribution in [3.63, 3.8) is 0 Å². The molecule has 1 rings (SSSR count). The molecule has 0 amide bonds. The molecule has 0 aromatic rings. The quantitative estimate of drug-likeness (QED) is 0.515. The predicted octanol–water partition coefficient (Wildman–Crippen LogP) is 1.43. The van der Waals surface area contributed by atoms with Gasteiger partial charge in [0.25, 0.3) is 0 Å². The van der Waals surface area contributed by atoms with E-state index in [2.05, 4.69) is 11.7 Å². The second-order valence-electron chi connectivity index (χ2n) is 2.64. The smallest absolute Gasteiger partial charge is 0.338 e. The predicted molar refractivity (Wildman–Crippen MR) is 51.3 cm³/mol. The molecule has 0 aromatic carbocycles. The first-order valence-electron chi connectivity index (χ1n) is 4.05. The Morgan fingerprint density at radius 2 is 1.85 bits per heavy atom. The lowest BCUT2D eigenvalue weighted by molar-refractivity contribution is -0.136. The van der Waals surface area contributed by atoms with E-state index in [9.17, 15) is 4.79 Å². The van der Waals surface area contributed by atoms with E-state index < -0.39 is 8.56 Å². The van der Waals surface area contributed by atoms with Gasteiger partial charge < -0.3 is 13.6 Å². The second kappa shape index (κ2) is 5.90. The average Bonchev–Trinajstić information content (AvgIpc) is 2.14. The third kappa shape index (κ3) is 4.82. The number of hydrogen-bond acceptors (Lipinski definition) is 4. The minimum absolute atomic E-state index is 0.245. The summed E-state index contributed by atoms with van der Waals surface area (Å²) in [5.74, 6) is -0.245. The Bertz CT molecular complexity index is 178. The number of carbonyl (C=O) groups excluding carboxylic acids is 1. The van der Waals surface area contributed by atoms with E-state index in [4.69, 9.17) is 8.85 Å². The number of cyclic esters (lactones) is 1. The van der Waals surface area contributed by atoms with Crippen LogP contribution in [0.5, 0.6) is 0 Å². The fourth-order valence-electron chi connectivity index (χ4n) is 0.496. The second-order valence-corrected chi connectivity index (χ2v) is 6.43. The summed E-state index contributed by atoms with van der Waals surface area (Å²) in [7, 11) is 1.74. The molecule has 76 valence electrons. The van der Waals surface area contributed by atoms with Crippen molar-refractivity contribution in [2.45, 2.75) is 19.5 Å². The largest absolute Gasteiger partial charge is 0.431 e. The zero-order valence-electron chi connectivity index (χ0n) is 8.49. The molecular weight excluding hydrogens is 188 g/mol. The van der Waals surface area contributed by atoms with E-state index in [0.717, 1.165) is 6.04 Å². The molecule has 0 bridgehead atoms. The molecule has 0 atom stereocenters. The molecule has 0 radical (unpaired) electrons. The zero-order valence-corrected chi connectivity index (χ0v) is 9.49. The summed E-state index contributed by atoms with van der Waals surface area (Å²) in [4.78, 5) is 9.59. The molecule has 0 aromatic heterocycles. The van der Waals surface area contributed by atoms with Crippen LogP contribution in [-0.4, -0.2) is 28.7 Å². The van der Waals surface area contributed by atoms with Crippen molar-refractivity contribution in [1.82, 2.24) is 0 Å². The highest BCUT2D eigenvalue weighted by Gasteiger charge is 2.24. The van der Waals surface area contributed by atoms with Gasteiger partial charge in [0.05, 0.1) is 6.08 Å². The van der Waals surface area contributed by atoms with Crippen molar-refractivity contribution in [2.24, 2.45) is 0 Å². The van der Waals surface area contributed by atoms with Crippen molar-refractivity contribution < 1.29 is 18.4 Å². The molecule has 1 aliphatic rings. The van der Waals surface area contributed by atoms with Crippen LogP contribution in [-0.2, 0) is 18.4 Å². The van der Waals surface area contributed by atoms with Gasteiger partial charge in [-0.1, -0.05) is 6.92 Å². The van der Waals surface area contributed by atoms with Gasteiger partial charge in [0.15, 0.2) is 0 Å². The molecule has 0 fully saturated rings. The van der Waals surface area contributed by atoms with Gasteiger partial charge in [-0.15, -0.1) is 0 Å². The number of hydrogen-bond donors (Lipinski definition) is 0. The first-order chi connectivity index (χ1) is 6.08. The van der Waals surface area contributed by atoms with Gasteiger partial charge in [0.1, 0.15) is 6.26 Å². The molecule has 0 N–H and O–H groups in total. The lowest BCUT2D eigenvalue weighted by Gasteiger charge is -2.19. The van der Waals surface area contributed by atoms with Crippen molar-refractivity contribution in [3.05, 3.63) is 12.3 Å². The Labute approximate surface area is 79.7 Å². The van der Waals surface area contributed by atoms with Gasteiger partial charge in [0, 0.05) is 14.2 Å². The minimum Gasteiger partial charge on any atom is -0.431 e. The number of carbonyl (C=O) groups is 1. The Morgan fingerprint density at radius 3 is 1.85 bits per heavy atom. The van der Waals surface area contributed by atoms with Crippen LogP contribution in [0.3, 0.4) is 0 Å². The summed E-state index contributed by atoms with van der Waals surface area (Å²) in [5.41, 5.74) is 0. The van der Waals surface area contributed by atoms with Crippen LogP contribution >= 0.6 is 0 Å². The molecule has 1 heterocycles. The standard InChI is InChI=1S/C5H14O2Si.C3H2O2/c1-5-8(4,6-2)7-3;4-3-1-2-5-3/h5H2,1-4H3;1-2H. The molecule has 5 heteroatoms. The molecule has 13 heavy (non-hydrogen) atoms. The van der Waals surface area contributed by atoms with Crippen LogP contribution in [0.1, 0.15) is 6.92 Å². The van der Waals surface area contributed by atoms with E-state index in [1.807, 2.05) is 6.55 Å². The van der Waals surface area contributed by atoms with E-state index in [0.29, 0.717) is 0 Å². The van der Waals surface area contributed by atoms with Gasteiger partial charge in [-0.2, -0.15) is 0 Å². The summed E-state index contributed by atoms with van der Waals surface area (Å²) >= 11 is 0. The molecule has 0 saturated carbocycles. The normalized spacial score (nSPS) is 14.0. The van der Waals surface area contributed by atoms with Gasteiger partial charge in [-0.3, -0.25) is 0 Å². The maximum absolute atomic E-state index is 9.59. The monoisotopic (exact) mass is 204 g/mol. The third-order valence-electron chi connectivity index (χ3n) is 1.89. The van der Waals surface area contributed by atoms with Gasteiger partial charge in [-0.05, 0) is 12.6 Å². The van der Waals surface area contributed by atoms with Gasteiger partial charge in [-0.25, -0.2) is 4.79 Å². The van der Waals surface area contributed by atoms with Crippen LogP contribution in [0.15, 0.2) is 12.3 Å². The highest BCUT2D eigenvalue weighted by atomic mass is 28.4. The lowest BCUT2D eigenvalue weighted by Crippen LogP contribution is -2.34. The summed E-state index contributed by atoms with van der Waals surface area (Å²) in [6.45, 7) is 4.13. The molecule has 0 aliphatic carbocycles. The molecule has 4 nitrogen and oxygen atoms in total. The van der Waals surface area contributed by atoms with Crippen LogP contribution in [0.25, 0.3) is 0 Å². The molecule has 0 spiro atoms. The fourth-order valence-corrected chi connectivity index (χ4v) is 1.24. The molecule has 1 aliphatic heterocycles. The number of esters is 1. The van der Waals surface area contributed by atoms with Crippen LogP contribution in [0, 0.1) is 0 Å². The maximum atomic E-state index is 9.59. The van der Waals surface area contributed by atoms with E-state index in [-0.39, 0.29) is 5.97 Å². The number of ether oxygens (including phenoxy) is 1. The average molecular weight is 204 g/mol. The summed E-state index contributed by atoms with van der Waals surface area (Å²) in [6, 6.07) is 1.01. The molecule has 0 unspecified atom stereocenters. The first-order valence-corrected chi connectivity index (χ1v) is 6.57. The Balaban J connectivity index is 0.000000243. The zero-order chi connectivity index (χ0) is 10.3. The molecule has 0 saturated heterocycles. The third-order valence-corrected chi connectivity index (χ3v) is 4.91. The van der Waals surface area contributed by atoms with Crippen molar-refractivity contribution >= 4 is 14.5 Å². The number of rotatable bonds is 3. The van der Waals surface area contributed by atoms with Crippen molar-refractivity contribution in [2.75, 3.05) is 14.2 Å². The van der Waals surface area contributed by atoms with Crippen LogP contribution in [0.4, 0.5) is 0 Å². The lowest BCUT2D eigenvalue weighted by atomic mass is 10.6. The van der Waals surface area contributed by atoms with Crippen molar-refractivity contribution in [1.29, 1.82) is 0 Å². The topological polar surface area (TPSA) is 44.8 Å². The highest BCUT2D eigenvalue weighted by molar-refractivity contribution is 6.65. The summed E-state index contributed by atoms with van der Waals surface area (Å²) in [6.07, 6.45) is 2.71.